The maximum absolute atomic E-state index is 13.0. The molecule has 3 aromatic rings. The molecule has 0 aromatic heterocycles. The Morgan fingerprint density at radius 2 is 1.71 bits per heavy atom. The average molecular weight is 500 g/mol. The lowest BCUT2D eigenvalue weighted by molar-refractivity contribution is 0.0940. The van der Waals surface area contributed by atoms with Crippen LogP contribution in [-0.2, 0) is 10.0 Å². The number of aryl methyl sites for hydroxylation is 1. The van der Waals surface area contributed by atoms with Gasteiger partial charge in [0.1, 0.15) is 4.90 Å². The first-order valence-electron chi connectivity index (χ1n) is 10.7. The number of sulfonamides is 1. The molecule has 0 aliphatic carbocycles. The number of hydrogen-bond acceptors (Lipinski definition) is 4. The predicted octanol–water partition coefficient (Wildman–Crippen LogP) is 5.23. The average Bonchev–Trinajstić information content (AvgIpc) is 2.79. The number of halogens is 1. The highest BCUT2D eigenvalue weighted by Gasteiger charge is 2.21. The second kappa shape index (κ2) is 10.7. The van der Waals surface area contributed by atoms with E-state index < -0.39 is 15.9 Å². The highest BCUT2D eigenvalue weighted by Crippen LogP contribution is 2.26. The molecule has 0 aliphatic rings. The van der Waals surface area contributed by atoms with Crippen LogP contribution in [0, 0.1) is 6.92 Å². The lowest BCUT2D eigenvalue weighted by atomic mass is 10.1. The molecule has 3 rings (SSSR count). The molecule has 0 saturated carbocycles. The van der Waals surface area contributed by atoms with E-state index in [-0.39, 0.29) is 27.4 Å². The summed E-state index contributed by atoms with van der Waals surface area (Å²) in [7, 11) is -4.05. The molecule has 0 radical (unpaired) electrons. The van der Waals surface area contributed by atoms with Gasteiger partial charge in [-0.15, -0.1) is 0 Å². The number of anilines is 2. The third-order valence-electron chi connectivity index (χ3n) is 5.16. The van der Waals surface area contributed by atoms with E-state index in [1.807, 2.05) is 26.8 Å². The van der Waals surface area contributed by atoms with Gasteiger partial charge in [-0.3, -0.25) is 14.3 Å². The van der Waals surface area contributed by atoms with Crippen molar-refractivity contribution in [2.75, 3.05) is 10.0 Å². The van der Waals surface area contributed by atoms with Crippen LogP contribution in [0.5, 0.6) is 0 Å². The first kappa shape index (κ1) is 25.3. The molecule has 0 aliphatic heterocycles. The van der Waals surface area contributed by atoms with Gasteiger partial charge in [0.05, 0.1) is 16.3 Å². The summed E-state index contributed by atoms with van der Waals surface area (Å²) >= 11 is 6.17. The van der Waals surface area contributed by atoms with Crippen molar-refractivity contribution in [1.29, 1.82) is 0 Å². The molecule has 0 spiro atoms. The second-order valence-corrected chi connectivity index (χ2v) is 9.96. The van der Waals surface area contributed by atoms with Crippen LogP contribution in [0.3, 0.4) is 0 Å². The van der Waals surface area contributed by atoms with E-state index >= 15 is 0 Å². The number of carbonyl (C=O) groups excluding carboxylic acids is 2. The Morgan fingerprint density at radius 1 is 0.971 bits per heavy atom. The Balaban J connectivity index is 1.87. The van der Waals surface area contributed by atoms with Gasteiger partial charge in [0.25, 0.3) is 21.8 Å². The molecular weight excluding hydrogens is 474 g/mol. The molecule has 9 heteroatoms. The third kappa shape index (κ3) is 6.15. The van der Waals surface area contributed by atoms with Gasteiger partial charge < -0.3 is 10.6 Å². The Labute approximate surface area is 204 Å². The van der Waals surface area contributed by atoms with Crippen molar-refractivity contribution in [3.05, 3.63) is 88.4 Å². The molecule has 34 heavy (non-hydrogen) atoms. The molecule has 3 N–H and O–H groups in total. The summed E-state index contributed by atoms with van der Waals surface area (Å²) in [5, 5.41) is 5.54. The zero-order chi connectivity index (χ0) is 24.9. The molecule has 178 valence electrons. The second-order valence-electron chi connectivity index (χ2n) is 7.90. The minimum atomic E-state index is -4.05. The summed E-state index contributed by atoms with van der Waals surface area (Å²) in [5.41, 5.74) is 1.96. The molecule has 0 saturated heterocycles. The van der Waals surface area contributed by atoms with Crippen LogP contribution in [-0.4, -0.2) is 26.3 Å². The zero-order valence-electron chi connectivity index (χ0n) is 19.1. The maximum atomic E-state index is 13.0. The van der Waals surface area contributed by atoms with Gasteiger partial charge >= 0.3 is 0 Å². The summed E-state index contributed by atoms with van der Waals surface area (Å²) in [6.45, 7) is 5.69. The summed E-state index contributed by atoms with van der Waals surface area (Å²) in [6.07, 6.45) is 0.763. The Kier molecular flexibility index (Phi) is 7.96. The highest BCUT2D eigenvalue weighted by atomic mass is 35.5. The molecule has 0 heterocycles. The van der Waals surface area contributed by atoms with Crippen molar-refractivity contribution >= 4 is 44.8 Å². The van der Waals surface area contributed by atoms with E-state index in [0.29, 0.717) is 16.9 Å². The van der Waals surface area contributed by atoms with Crippen molar-refractivity contribution in [1.82, 2.24) is 5.32 Å². The van der Waals surface area contributed by atoms with E-state index in [9.17, 15) is 18.0 Å². The Bertz CT molecular complexity index is 1330. The molecule has 0 unspecified atom stereocenters. The van der Waals surface area contributed by atoms with Crippen molar-refractivity contribution in [2.45, 2.75) is 38.1 Å². The fraction of sp³-hybridized carbons (Fsp3) is 0.200. The van der Waals surface area contributed by atoms with Crippen LogP contribution >= 0.6 is 11.6 Å². The van der Waals surface area contributed by atoms with Gasteiger partial charge in [0.15, 0.2) is 0 Å². The molecule has 1 atom stereocenters. The first-order chi connectivity index (χ1) is 16.1. The summed E-state index contributed by atoms with van der Waals surface area (Å²) in [4.78, 5) is 25.3. The largest absolute Gasteiger partial charge is 0.350 e. The zero-order valence-corrected chi connectivity index (χ0v) is 20.6. The van der Waals surface area contributed by atoms with Crippen LogP contribution in [0.25, 0.3) is 0 Å². The van der Waals surface area contributed by atoms with Crippen molar-refractivity contribution in [3.8, 4) is 0 Å². The Morgan fingerprint density at radius 3 is 2.41 bits per heavy atom. The van der Waals surface area contributed by atoms with Gasteiger partial charge in [-0.25, -0.2) is 8.42 Å². The maximum Gasteiger partial charge on any atom is 0.263 e. The number of hydrogen-bond donors (Lipinski definition) is 3. The Hall–Kier alpha value is -3.36. The number of nitrogens with one attached hydrogen (secondary N) is 3. The van der Waals surface area contributed by atoms with Crippen LogP contribution in [0.1, 0.15) is 46.5 Å². The summed E-state index contributed by atoms with van der Waals surface area (Å²) < 4.78 is 28.4. The minimum Gasteiger partial charge on any atom is -0.350 e. The summed E-state index contributed by atoms with van der Waals surface area (Å²) in [5.74, 6) is -0.889. The number of benzene rings is 3. The molecule has 0 bridgehead atoms. The number of rotatable bonds is 8. The van der Waals surface area contributed by atoms with E-state index in [1.165, 1.54) is 18.2 Å². The van der Waals surface area contributed by atoms with Crippen LogP contribution in [0.2, 0.25) is 5.02 Å². The van der Waals surface area contributed by atoms with E-state index in [2.05, 4.69) is 15.4 Å². The fourth-order valence-corrected chi connectivity index (χ4v) is 4.73. The topological polar surface area (TPSA) is 104 Å². The van der Waals surface area contributed by atoms with Crippen molar-refractivity contribution < 1.29 is 18.0 Å². The van der Waals surface area contributed by atoms with Crippen molar-refractivity contribution in [3.63, 3.8) is 0 Å². The van der Waals surface area contributed by atoms with Crippen LogP contribution < -0.4 is 15.4 Å². The fourth-order valence-electron chi connectivity index (χ4n) is 3.16. The quantitative estimate of drug-likeness (QED) is 0.394. The summed E-state index contributed by atoms with van der Waals surface area (Å²) in [6, 6.07) is 17.4. The molecule has 3 aromatic carbocycles. The first-order valence-corrected chi connectivity index (χ1v) is 12.6. The van der Waals surface area contributed by atoms with Gasteiger partial charge in [0, 0.05) is 17.3 Å². The van der Waals surface area contributed by atoms with Crippen LogP contribution in [0.4, 0.5) is 11.4 Å². The lowest BCUT2D eigenvalue weighted by Crippen LogP contribution is -2.32. The van der Waals surface area contributed by atoms with Crippen molar-refractivity contribution in [2.24, 2.45) is 0 Å². The third-order valence-corrected chi connectivity index (χ3v) is 7.03. The van der Waals surface area contributed by atoms with Crippen LogP contribution in [0.15, 0.2) is 71.6 Å². The molecule has 2 amide bonds. The lowest BCUT2D eigenvalue weighted by Gasteiger charge is -2.15. The number of para-hydroxylation sites is 1. The van der Waals surface area contributed by atoms with Gasteiger partial charge in [-0.05, 0) is 68.3 Å². The van der Waals surface area contributed by atoms with Gasteiger partial charge in [0.2, 0.25) is 0 Å². The number of amides is 2. The predicted molar refractivity (Wildman–Crippen MR) is 135 cm³/mol. The highest BCUT2D eigenvalue weighted by molar-refractivity contribution is 7.92. The standard InChI is InChI=1S/C25H26ClN3O4S/c1-4-17(3)27-25(31)20-10-5-6-11-22(20)28-24(30)18-12-13-21(26)23(15-18)34(32,33)29-19-9-7-8-16(2)14-19/h5-15,17,29H,4H2,1-3H3,(H,27,31)(H,28,30)/t17-/m1/s1. The van der Waals surface area contributed by atoms with Gasteiger partial charge in [-0.2, -0.15) is 0 Å². The van der Waals surface area contributed by atoms with E-state index in [0.717, 1.165) is 12.0 Å². The minimum absolute atomic E-state index is 0.0231. The molecule has 0 fully saturated rings. The van der Waals surface area contributed by atoms with E-state index in [1.54, 1.807) is 42.5 Å². The van der Waals surface area contributed by atoms with E-state index in [4.69, 9.17) is 11.6 Å². The monoisotopic (exact) mass is 499 g/mol. The normalized spacial score (nSPS) is 12.0. The molecule has 7 nitrogen and oxygen atoms in total. The molecular formula is C25H26ClN3O4S. The smallest absolute Gasteiger partial charge is 0.263 e. The number of carbonyl (C=O) groups is 2. The van der Waals surface area contributed by atoms with Gasteiger partial charge in [-0.1, -0.05) is 42.8 Å². The SMILES string of the molecule is CC[C@@H](C)NC(=O)c1ccccc1NC(=O)c1ccc(Cl)c(S(=O)(=O)Nc2cccc(C)c2)c1.